The van der Waals surface area contributed by atoms with E-state index in [4.69, 9.17) is 9.47 Å². The van der Waals surface area contributed by atoms with Gasteiger partial charge in [-0.25, -0.2) is 8.42 Å². The number of fused-ring (bicyclic) bond motifs is 1. The van der Waals surface area contributed by atoms with Crippen LogP contribution in [0.15, 0.2) is 47.4 Å². The number of halogens is 1. The zero-order valence-corrected chi connectivity index (χ0v) is 24.0. The summed E-state index contributed by atoms with van der Waals surface area (Å²) in [6, 6.07) is 13.0. The second-order valence-electron chi connectivity index (χ2n) is 10.8. The van der Waals surface area contributed by atoms with Gasteiger partial charge in [0.1, 0.15) is 18.9 Å². The quantitative estimate of drug-likeness (QED) is 0.269. The number of rotatable bonds is 8. The summed E-state index contributed by atoms with van der Waals surface area (Å²) < 4.78 is 38.8. The highest BCUT2D eigenvalue weighted by Crippen LogP contribution is 2.45. The van der Waals surface area contributed by atoms with Gasteiger partial charge >= 0.3 is 0 Å². The van der Waals surface area contributed by atoms with Gasteiger partial charge in [-0.3, -0.25) is 0 Å². The minimum absolute atomic E-state index is 0. The molecular formula is C26H38INO5S. The van der Waals surface area contributed by atoms with Crippen molar-refractivity contribution < 1.29 is 51.5 Å². The van der Waals surface area contributed by atoms with Gasteiger partial charge in [0.05, 0.1) is 51.1 Å². The highest BCUT2D eigenvalue weighted by atomic mass is 127. The fourth-order valence-corrected chi connectivity index (χ4v) is 6.49. The van der Waals surface area contributed by atoms with Crippen molar-refractivity contribution in [1.82, 2.24) is 0 Å². The SMILES string of the molecule is Cc1ccc2c(c1)S(=O)(=O)CC(C)(C)[C@H](O)[C@@H]2c1cccc(OCCOCC[N+](C)(C)C)c1.[I-]. The molecule has 34 heavy (non-hydrogen) atoms. The van der Waals surface area contributed by atoms with Gasteiger partial charge in [0.2, 0.25) is 0 Å². The van der Waals surface area contributed by atoms with E-state index >= 15 is 0 Å². The summed E-state index contributed by atoms with van der Waals surface area (Å²) in [6.07, 6.45) is -0.870. The van der Waals surface area contributed by atoms with E-state index in [0.717, 1.165) is 22.2 Å². The van der Waals surface area contributed by atoms with Gasteiger partial charge in [0, 0.05) is 11.3 Å². The topological polar surface area (TPSA) is 72.8 Å². The van der Waals surface area contributed by atoms with E-state index in [1.54, 1.807) is 6.07 Å². The molecule has 1 heterocycles. The van der Waals surface area contributed by atoms with Crippen LogP contribution >= 0.6 is 0 Å². The van der Waals surface area contributed by atoms with Crippen molar-refractivity contribution in [3.8, 4) is 5.75 Å². The molecule has 2 aromatic rings. The van der Waals surface area contributed by atoms with Crippen LogP contribution in [0.1, 0.15) is 36.5 Å². The third-order valence-corrected chi connectivity index (χ3v) is 8.29. The first kappa shape index (κ1) is 29.0. The number of ether oxygens (including phenoxy) is 2. The van der Waals surface area contributed by atoms with Gasteiger partial charge < -0.3 is 43.0 Å². The molecule has 0 amide bonds. The number of aliphatic hydroxyl groups is 1. The van der Waals surface area contributed by atoms with Crippen molar-refractivity contribution >= 4 is 9.84 Å². The molecule has 0 saturated heterocycles. The first-order valence-corrected chi connectivity index (χ1v) is 13.1. The number of sulfone groups is 1. The summed E-state index contributed by atoms with van der Waals surface area (Å²) in [5.74, 6) is 0.0975. The molecule has 0 unspecified atom stereocenters. The maximum Gasteiger partial charge on any atom is 0.179 e. The van der Waals surface area contributed by atoms with Gasteiger partial charge in [-0.2, -0.15) is 0 Å². The molecule has 0 saturated carbocycles. The number of quaternary nitrogens is 1. The molecule has 0 radical (unpaired) electrons. The van der Waals surface area contributed by atoms with Crippen LogP contribution in [0.25, 0.3) is 0 Å². The maximum absolute atomic E-state index is 13.2. The highest BCUT2D eigenvalue weighted by molar-refractivity contribution is 7.91. The summed E-state index contributed by atoms with van der Waals surface area (Å²) in [7, 11) is 2.84. The number of benzene rings is 2. The average molecular weight is 604 g/mol. The van der Waals surface area contributed by atoms with E-state index in [9.17, 15) is 13.5 Å². The Kier molecular flexibility index (Phi) is 9.60. The summed E-state index contributed by atoms with van der Waals surface area (Å²) in [6.45, 7) is 8.01. The molecule has 2 aromatic carbocycles. The number of hydrogen-bond donors (Lipinski definition) is 1. The Hall–Kier alpha value is -1.20. The monoisotopic (exact) mass is 603 g/mol. The zero-order chi connectivity index (χ0) is 24.4. The van der Waals surface area contributed by atoms with Crippen LogP contribution in [0, 0.1) is 12.3 Å². The predicted octanol–water partition coefficient (Wildman–Crippen LogP) is 0.407. The molecule has 0 aromatic heterocycles. The molecule has 3 rings (SSSR count). The molecule has 0 bridgehead atoms. The lowest BCUT2D eigenvalue weighted by Gasteiger charge is -2.33. The lowest BCUT2D eigenvalue weighted by molar-refractivity contribution is -0.870. The Morgan fingerprint density at radius 1 is 1.06 bits per heavy atom. The van der Waals surface area contributed by atoms with E-state index in [0.29, 0.717) is 36.0 Å². The summed E-state index contributed by atoms with van der Waals surface area (Å²) >= 11 is 0. The average Bonchev–Trinajstić information content (AvgIpc) is 2.75. The first-order valence-electron chi connectivity index (χ1n) is 11.4. The second-order valence-corrected chi connectivity index (χ2v) is 12.7. The molecule has 190 valence electrons. The van der Waals surface area contributed by atoms with Crippen LogP contribution in [0.5, 0.6) is 5.75 Å². The number of likely N-dealkylation sites (N-methyl/N-ethyl adjacent to an activating group) is 1. The summed E-state index contributed by atoms with van der Waals surface area (Å²) in [5, 5.41) is 11.4. The van der Waals surface area contributed by atoms with Crippen molar-refractivity contribution in [2.45, 2.75) is 37.7 Å². The summed E-state index contributed by atoms with van der Waals surface area (Å²) in [5.41, 5.74) is 1.54. The minimum atomic E-state index is -3.54. The lowest BCUT2D eigenvalue weighted by Crippen LogP contribution is -3.00. The van der Waals surface area contributed by atoms with E-state index < -0.39 is 27.3 Å². The number of nitrogens with zero attached hydrogens (tertiary/aromatic N) is 1. The Labute approximate surface area is 221 Å². The Bertz CT molecular complexity index is 1080. The van der Waals surface area contributed by atoms with Crippen molar-refractivity contribution in [2.24, 2.45) is 5.41 Å². The Morgan fingerprint density at radius 2 is 1.76 bits per heavy atom. The molecule has 2 atom stereocenters. The summed E-state index contributed by atoms with van der Waals surface area (Å²) in [4.78, 5) is 0.314. The van der Waals surface area contributed by atoms with Crippen LogP contribution < -0.4 is 28.7 Å². The van der Waals surface area contributed by atoms with Gasteiger partial charge in [0.15, 0.2) is 9.84 Å². The van der Waals surface area contributed by atoms with E-state index in [-0.39, 0.29) is 29.7 Å². The first-order chi connectivity index (χ1) is 15.3. The molecule has 1 aliphatic rings. The van der Waals surface area contributed by atoms with Crippen molar-refractivity contribution in [3.05, 3.63) is 59.2 Å². The number of aliphatic hydroxyl groups excluding tert-OH is 1. The molecule has 6 nitrogen and oxygen atoms in total. The molecule has 0 fully saturated rings. The molecule has 0 spiro atoms. The van der Waals surface area contributed by atoms with Crippen molar-refractivity contribution in [3.63, 3.8) is 0 Å². The van der Waals surface area contributed by atoms with Crippen LogP contribution in [-0.2, 0) is 14.6 Å². The van der Waals surface area contributed by atoms with Crippen molar-refractivity contribution in [1.29, 1.82) is 0 Å². The number of hydrogen-bond acceptors (Lipinski definition) is 5. The van der Waals surface area contributed by atoms with Crippen LogP contribution in [0.4, 0.5) is 0 Å². The molecular weight excluding hydrogens is 565 g/mol. The standard InChI is InChI=1S/C26H38NO5S.HI/c1-19-10-11-22-23(16-19)33(29,30)18-26(2,3)25(28)24(22)20-8-7-9-21(17-20)32-15-14-31-13-12-27(4,5)6;/h7-11,16-17,24-25,28H,12-15,18H2,1-6H3;1H/q+1;/p-1/t24-,25-;/m1./s1. The van der Waals surface area contributed by atoms with Crippen LogP contribution in [0.3, 0.4) is 0 Å². The maximum atomic E-state index is 13.2. The normalized spacial score (nSPS) is 21.1. The molecule has 1 aliphatic heterocycles. The van der Waals surface area contributed by atoms with Gasteiger partial charge in [-0.1, -0.05) is 38.1 Å². The zero-order valence-electron chi connectivity index (χ0n) is 21.0. The van der Waals surface area contributed by atoms with Gasteiger partial charge in [-0.05, 0) is 41.8 Å². The van der Waals surface area contributed by atoms with E-state index in [1.165, 1.54) is 0 Å². The van der Waals surface area contributed by atoms with Crippen LogP contribution in [0.2, 0.25) is 0 Å². The smallest absolute Gasteiger partial charge is 0.179 e. The largest absolute Gasteiger partial charge is 1.00 e. The Balaban J connectivity index is 0.00000408. The minimum Gasteiger partial charge on any atom is -1.00 e. The van der Waals surface area contributed by atoms with Gasteiger partial charge in [0.25, 0.3) is 0 Å². The third-order valence-electron chi connectivity index (χ3n) is 6.14. The molecule has 1 N–H and O–H groups in total. The van der Waals surface area contributed by atoms with E-state index in [2.05, 4.69) is 21.1 Å². The van der Waals surface area contributed by atoms with E-state index in [1.807, 2.05) is 57.2 Å². The van der Waals surface area contributed by atoms with Gasteiger partial charge in [-0.15, -0.1) is 0 Å². The molecule has 0 aliphatic carbocycles. The predicted molar refractivity (Wildman–Crippen MR) is 131 cm³/mol. The third kappa shape index (κ3) is 7.16. The van der Waals surface area contributed by atoms with Crippen LogP contribution in [-0.4, -0.2) is 77.4 Å². The number of aryl methyl sites for hydroxylation is 1. The fraction of sp³-hybridized carbons (Fsp3) is 0.538. The Morgan fingerprint density at radius 3 is 2.44 bits per heavy atom. The second kappa shape index (κ2) is 11.2. The highest BCUT2D eigenvalue weighted by Gasteiger charge is 2.45. The fourth-order valence-electron chi connectivity index (χ4n) is 4.26. The lowest BCUT2D eigenvalue weighted by atomic mass is 9.75. The molecule has 8 heteroatoms. The van der Waals surface area contributed by atoms with Crippen molar-refractivity contribution in [2.75, 3.05) is 53.3 Å².